The van der Waals surface area contributed by atoms with Gasteiger partial charge in [-0.2, -0.15) is 0 Å². The fourth-order valence-electron chi connectivity index (χ4n) is 12.8. The SMILES string of the molecule is CCCCCC/C=C\CCCCCCCCCC(=O)OCC(COP(=O)(O)OC1C(OC2OC(CO)C(O)C(O)C2O)C(O)C(O)C(O)C1OC1OC(COC(=O)CCCCCCCCCCCCCCCCCCC)C(O)C(O)C1O)OC(=O)CCCCCCCCCCCCC. The van der Waals surface area contributed by atoms with Crippen molar-refractivity contribution in [3.8, 4) is 0 Å². The van der Waals surface area contributed by atoms with Gasteiger partial charge in [0.2, 0.25) is 0 Å². The van der Waals surface area contributed by atoms with E-state index >= 15 is 0 Å². The number of esters is 3. The highest BCUT2D eigenvalue weighted by atomic mass is 31.2. The maximum Gasteiger partial charge on any atom is 0.472 e. The lowest BCUT2D eigenvalue weighted by Gasteiger charge is -2.49. The van der Waals surface area contributed by atoms with Crippen molar-refractivity contribution < 1.29 is 117 Å². The molecule has 3 rings (SSSR count). The molecule has 11 N–H and O–H groups in total. The van der Waals surface area contributed by atoms with Crippen molar-refractivity contribution in [2.24, 2.45) is 0 Å². The third-order valence-electron chi connectivity index (χ3n) is 19.0. The normalized spacial score (nSPS) is 27.7. The number of unbranched alkanes of at least 4 members (excludes halogenated alkanes) is 37. The summed E-state index contributed by atoms with van der Waals surface area (Å²) in [5, 5.41) is 110. The molecule has 0 amide bonds. The fraction of sp³-hybridized carbons (Fsp3) is 0.932. The highest BCUT2D eigenvalue weighted by molar-refractivity contribution is 7.47. The van der Waals surface area contributed by atoms with E-state index in [1.54, 1.807) is 0 Å². The van der Waals surface area contributed by atoms with E-state index in [-0.39, 0.29) is 19.3 Å². The zero-order valence-electron chi connectivity index (χ0n) is 60.1. The number of carbonyl (C=O) groups excluding carboxylic acids is 3. The number of carbonyl (C=O) groups is 3. The van der Waals surface area contributed by atoms with E-state index in [1.165, 1.54) is 128 Å². The Morgan fingerprint density at radius 1 is 0.388 bits per heavy atom. The maximum absolute atomic E-state index is 14.3. The predicted octanol–water partition coefficient (Wildman–Crippen LogP) is 10.7. The molecule has 24 nitrogen and oxygen atoms in total. The number of phosphoric acid groups is 1. The number of phosphoric ester groups is 1. The molecule has 2 heterocycles. The average molecular weight is 1430 g/mol. The first-order valence-corrected chi connectivity index (χ1v) is 40.0. The molecule has 1 saturated carbocycles. The smallest absolute Gasteiger partial charge is 0.463 e. The standard InChI is InChI=1S/C73H135O24P/c1-4-7-10-13-16-19-22-24-26-27-29-31-34-36-39-42-45-48-58(76)90-53-56-61(79)63(81)68(86)73(94-56)96-70-66(84)64(82)65(83)69(95-72-67(85)62(80)60(78)55(50-74)93-72)71(70)97-98(87,88)91-52-54(92-59(77)49-46-43-40-37-32-21-18-15-12-9-6-3)51-89-57(75)47-44-41-38-35-33-30-28-25-23-20-17-14-11-8-5-2/h20,23,54-56,60-74,78-86H,4-19,21-22,24-53H2,1-3H3,(H,87,88)/b23-20-. The van der Waals surface area contributed by atoms with Crippen molar-refractivity contribution in [3.05, 3.63) is 12.2 Å². The minimum Gasteiger partial charge on any atom is -0.463 e. The molecule has 2 aliphatic heterocycles. The summed E-state index contributed by atoms with van der Waals surface area (Å²) in [6.07, 6.45) is 14.2. The lowest BCUT2D eigenvalue weighted by molar-refractivity contribution is -0.360. The Kier molecular flexibility index (Phi) is 50.7. The van der Waals surface area contributed by atoms with E-state index in [0.29, 0.717) is 19.3 Å². The van der Waals surface area contributed by atoms with E-state index in [2.05, 4.69) is 32.9 Å². The maximum atomic E-state index is 14.3. The predicted molar refractivity (Wildman–Crippen MR) is 370 cm³/mol. The van der Waals surface area contributed by atoms with Crippen LogP contribution in [-0.2, 0) is 61.2 Å². The first-order chi connectivity index (χ1) is 47.3. The van der Waals surface area contributed by atoms with Gasteiger partial charge < -0.3 is 89.1 Å². The van der Waals surface area contributed by atoms with Gasteiger partial charge in [0.1, 0.15) is 98.7 Å². The second-order valence-corrected chi connectivity index (χ2v) is 29.1. The van der Waals surface area contributed by atoms with Crippen LogP contribution in [0.15, 0.2) is 12.2 Å². The minimum atomic E-state index is -5.69. The molecule has 2 saturated heterocycles. The van der Waals surface area contributed by atoms with E-state index in [4.69, 9.17) is 42.2 Å². The van der Waals surface area contributed by atoms with Crippen LogP contribution in [0.25, 0.3) is 0 Å². The lowest BCUT2D eigenvalue weighted by Crippen LogP contribution is -2.69. The summed E-state index contributed by atoms with van der Waals surface area (Å²) in [7, 11) is -5.69. The first-order valence-electron chi connectivity index (χ1n) is 38.5. The number of allylic oxidation sites excluding steroid dienone is 2. The summed E-state index contributed by atoms with van der Waals surface area (Å²) < 4.78 is 65.0. The average Bonchev–Trinajstić information content (AvgIpc) is 0.761. The molecule has 0 bridgehead atoms. The molecule has 18 unspecified atom stereocenters. The van der Waals surface area contributed by atoms with Gasteiger partial charge in [-0.15, -0.1) is 0 Å². The molecule has 3 aliphatic rings. The van der Waals surface area contributed by atoms with E-state index in [1.807, 2.05) is 0 Å². The summed E-state index contributed by atoms with van der Waals surface area (Å²) in [6.45, 7) is 3.44. The van der Waals surface area contributed by atoms with E-state index in [9.17, 15) is 74.9 Å². The number of aliphatic hydroxyl groups excluding tert-OH is 10. The molecular weight excluding hydrogens is 1290 g/mol. The van der Waals surface area contributed by atoms with Crippen LogP contribution in [0.1, 0.15) is 303 Å². The second-order valence-electron chi connectivity index (χ2n) is 27.7. The summed E-state index contributed by atoms with van der Waals surface area (Å²) in [5.74, 6) is -1.98. The van der Waals surface area contributed by atoms with Gasteiger partial charge in [-0.3, -0.25) is 23.4 Å². The van der Waals surface area contributed by atoms with Crippen molar-refractivity contribution in [1.29, 1.82) is 0 Å². The molecule has 0 aromatic carbocycles. The van der Waals surface area contributed by atoms with E-state index in [0.717, 1.165) is 116 Å². The van der Waals surface area contributed by atoms with Crippen LogP contribution in [0.2, 0.25) is 0 Å². The number of hydrogen-bond donors (Lipinski definition) is 11. The molecule has 0 aromatic rings. The molecule has 98 heavy (non-hydrogen) atoms. The van der Waals surface area contributed by atoms with Gasteiger partial charge in [-0.05, 0) is 44.9 Å². The van der Waals surface area contributed by atoms with Crippen LogP contribution >= 0.6 is 7.82 Å². The Morgan fingerprint density at radius 3 is 1.11 bits per heavy atom. The first kappa shape index (κ1) is 89.9. The van der Waals surface area contributed by atoms with Gasteiger partial charge in [0.05, 0.1) is 13.2 Å². The highest BCUT2D eigenvalue weighted by Crippen LogP contribution is 2.49. The number of hydrogen-bond acceptors (Lipinski definition) is 23. The molecule has 25 heteroatoms. The summed E-state index contributed by atoms with van der Waals surface area (Å²) >= 11 is 0. The molecular formula is C73H135O24P. The number of rotatable bonds is 60. The van der Waals surface area contributed by atoms with Crippen molar-refractivity contribution >= 4 is 25.7 Å². The van der Waals surface area contributed by atoms with Gasteiger partial charge in [-0.25, -0.2) is 4.57 Å². The summed E-state index contributed by atoms with van der Waals surface area (Å²) in [4.78, 5) is 51.0. The molecule has 576 valence electrons. The van der Waals surface area contributed by atoms with Crippen LogP contribution in [0.4, 0.5) is 0 Å². The topological polar surface area (TPSA) is 374 Å². The Morgan fingerprint density at radius 2 is 0.714 bits per heavy atom. The van der Waals surface area contributed by atoms with Gasteiger partial charge in [0.15, 0.2) is 18.7 Å². The van der Waals surface area contributed by atoms with Crippen LogP contribution in [0.3, 0.4) is 0 Å². The Balaban J connectivity index is 1.71. The van der Waals surface area contributed by atoms with Crippen molar-refractivity contribution in [2.75, 3.05) is 26.4 Å². The quantitative estimate of drug-likeness (QED) is 0.00886. The zero-order valence-corrected chi connectivity index (χ0v) is 61.0. The van der Waals surface area contributed by atoms with Crippen LogP contribution in [0, 0.1) is 0 Å². The molecule has 0 radical (unpaired) electrons. The highest BCUT2D eigenvalue weighted by Gasteiger charge is 2.58. The van der Waals surface area contributed by atoms with Gasteiger partial charge in [0.25, 0.3) is 0 Å². The summed E-state index contributed by atoms with van der Waals surface area (Å²) in [6, 6.07) is 0. The van der Waals surface area contributed by atoms with E-state index < -0.39 is 156 Å². The Labute approximate surface area is 586 Å². The van der Waals surface area contributed by atoms with Crippen LogP contribution in [-0.4, -0.2) is 204 Å². The monoisotopic (exact) mass is 1430 g/mol. The van der Waals surface area contributed by atoms with Crippen LogP contribution < -0.4 is 0 Å². The van der Waals surface area contributed by atoms with Crippen molar-refractivity contribution in [1.82, 2.24) is 0 Å². The van der Waals surface area contributed by atoms with Crippen molar-refractivity contribution in [2.45, 2.75) is 407 Å². The molecule has 3 fully saturated rings. The summed E-state index contributed by atoms with van der Waals surface area (Å²) in [5.41, 5.74) is 0. The molecule has 0 aromatic heterocycles. The number of ether oxygens (including phenoxy) is 7. The third-order valence-corrected chi connectivity index (χ3v) is 20.0. The third kappa shape index (κ3) is 37.9. The molecule has 1 aliphatic carbocycles. The largest absolute Gasteiger partial charge is 0.472 e. The zero-order chi connectivity index (χ0) is 71.8. The molecule has 18 atom stereocenters. The van der Waals surface area contributed by atoms with Gasteiger partial charge in [-0.1, -0.05) is 251 Å². The van der Waals surface area contributed by atoms with Crippen LogP contribution in [0.5, 0.6) is 0 Å². The number of aliphatic hydroxyl groups is 10. The second kappa shape index (κ2) is 55.2. The lowest BCUT2D eigenvalue weighted by atomic mass is 9.84. The van der Waals surface area contributed by atoms with Gasteiger partial charge in [0, 0.05) is 19.3 Å². The van der Waals surface area contributed by atoms with Crippen molar-refractivity contribution in [3.63, 3.8) is 0 Å². The Hall–Kier alpha value is -2.30. The Bertz CT molecular complexity index is 2080. The minimum absolute atomic E-state index is 0.0330. The molecule has 0 spiro atoms. The van der Waals surface area contributed by atoms with Gasteiger partial charge >= 0.3 is 25.7 Å². The fourth-order valence-corrected chi connectivity index (χ4v) is 13.7.